The molecule has 2 N–H and O–H groups in total. The van der Waals surface area contributed by atoms with E-state index in [9.17, 15) is 4.79 Å². The van der Waals surface area contributed by atoms with Crippen molar-refractivity contribution in [1.29, 1.82) is 0 Å². The minimum Gasteiger partial charge on any atom is -0.322 e. The van der Waals surface area contributed by atoms with Crippen LogP contribution in [-0.2, 0) is 6.54 Å². The first kappa shape index (κ1) is 13.5. The second-order valence-electron chi connectivity index (χ2n) is 5.09. The summed E-state index contributed by atoms with van der Waals surface area (Å²) in [6.07, 6.45) is 3.36. The van der Waals surface area contributed by atoms with Crippen LogP contribution in [0.2, 0.25) is 0 Å². The van der Waals surface area contributed by atoms with Gasteiger partial charge in [-0.2, -0.15) is 0 Å². The third-order valence-corrected chi connectivity index (χ3v) is 3.05. The van der Waals surface area contributed by atoms with E-state index in [-0.39, 0.29) is 11.7 Å². The summed E-state index contributed by atoms with van der Waals surface area (Å²) >= 11 is 0. The van der Waals surface area contributed by atoms with E-state index < -0.39 is 0 Å². The predicted octanol–water partition coefficient (Wildman–Crippen LogP) is 1.87. The van der Waals surface area contributed by atoms with Crippen molar-refractivity contribution in [3.05, 3.63) is 63.3 Å². The summed E-state index contributed by atoms with van der Waals surface area (Å²) in [7, 11) is 0. The summed E-state index contributed by atoms with van der Waals surface area (Å²) in [4.78, 5) is 15.5. The molecule has 2 aromatic rings. The molecule has 0 radical (unpaired) electrons. The van der Waals surface area contributed by atoms with Crippen molar-refractivity contribution >= 4 is 0 Å². The van der Waals surface area contributed by atoms with Crippen LogP contribution in [0.1, 0.15) is 28.3 Å². The lowest BCUT2D eigenvalue weighted by atomic mass is 10.0. The van der Waals surface area contributed by atoms with E-state index in [1.54, 1.807) is 17.0 Å². The first-order valence-corrected chi connectivity index (χ1v) is 6.32. The molecule has 1 unspecified atom stereocenters. The minimum absolute atomic E-state index is 0.208. The van der Waals surface area contributed by atoms with Crippen molar-refractivity contribution in [1.82, 2.24) is 9.55 Å². The lowest BCUT2D eigenvalue weighted by molar-refractivity contribution is 0.549. The van der Waals surface area contributed by atoms with Crippen molar-refractivity contribution in [3.8, 4) is 0 Å². The summed E-state index contributed by atoms with van der Waals surface area (Å²) in [5.74, 6) is 0. The van der Waals surface area contributed by atoms with Crippen molar-refractivity contribution in [3.63, 3.8) is 0 Å². The molecule has 1 atom stereocenters. The van der Waals surface area contributed by atoms with Crippen LogP contribution in [0.25, 0.3) is 0 Å². The number of nitrogens with zero attached hydrogens (tertiary/aromatic N) is 2. The summed E-state index contributed by atoms with van der Waals surface area (Å²) < 4.78 is 1.57. The molecule has 0 aliphatic rings. The standard InChI is InChI=1S/C15H19N3O/c1-10-4-11(2)6-13(5-10)14(16)9-18-8-12(3)7-17-15(18)19/h4-8,14H,9,16H2,1-3H3. The van der Waals surface area contributed by atoms with Crippen molar-refractivity contribution < 1.29 is 0 Å². The van der Waals surface area contributed by atoms with E-state index in [1.807, 2.05) is 20.8 Å². The number of hydrogen-bond acceptors (Lipinski definition) is 3. The van der Waals surface area contributed by atoms with Crippen molar-refractivity contribution in [2.45, 2.75) is 33.4 Å². The maximum Gasteiger partial charge on any atom is 0.347 e. The Labute approximate surface area is 112 Å². The molecule has 1 heterocycles. The van der Waals surface area contributed by atoms with Gasteiger partial charge in [0.2, 0.25) is 0 Å². The van der Waals surface area contributed by atoms with Gasteiger partial charge in [-0.3, -0.25) is 4.57 Å². The van der Waals surface area contributed by atoms with Gasteiger partial charge < -0.3 is 5.73 Å². The molecule has 1 aromatic heterocycles. The van der Waals surface area contributed by atoms with Gasteiger partial charge in [-0.15, -0.1) is 0 Å². The van der Waals surface area contributed by atoms with Crippen LogP contribution in [0.15, 0.2) is 35.4 Å². The fourth-order valence-corrected chi connectivity index (χ4v) is 2.24. The molecular weight excluding hydrogens is 238 g/mol. The zero-order valence-corrected chi connectivity index (χ0v) is 11.6. The molecular formula is C15H19N3O. The van der Waals surface area contributed by atoms with Crippen LogP contribution in [0.4, 0.5) is 0 Å². The maximum atomic E-state index is 11.7. The van der Waals surface area contributed by atoms with Crippen molar-refractivity contribution in [2.75, 3.05) is 0 Å². The van der Waals surface area contributed by atoms with Gasteiger partial charge in [0.05, 0.1) is 0 Å². The average molecular weight is 257 g/mol. The first-order chi connectivity index (χ1) is 8.95. The molecule has 0 fully saturated rings. The van der Waals surface area contributed by atoms with Gasteiger partial charge in [-0.1, -0.05) is 29.3 Å². The molecule has 4 nitrogen and oxygen atoms in total. The Morgan fingerprint density at radius 3 is 2.42 bits per heavy atom. The van der Waals surface area contributed by atoms with E-state index in [1.165, 1.54) is 11.1 Å². The van der Waals surface area contributed by atoms with Crippen LogP contribution in [-0.4, -0.2) is 9.55 Å². The fraction of sp³-hybridized carbons (Fsp3) is 0.333. The monoisotopic (exact) mass is 257 g/mol. The van der Waals surface area contributed by atoms with Crippen molar-refractivity contribution in [2.24, 2.45) is 5.73 Å². The van der Waals surface area contributed by atoms with E-state index in [4.69, 9.17) is 5.73 Å². The Bertz CT molecular complexity index is 626. The second-order valence-corrected chi connectivity index (χ2v) is 5.09. The van der Waals surface area contributed by atoms with Gasteiger partial charge in [0.15, 0.2) is 0 Å². The van der Waals surface area contributed by atoms with Gasteiger partial charge in [-0.25, -0.2) is 9.78 Å². The molecule has 0 spiro atoms. The average Bonchev–Trinajstić information content (AvgIpc) is 2.32. The molecule has 0 aliphatic carbocycles. The Hall–Kier alpha value is -1.94. The largest absolute Gasteiger partial charge is 0.347 e. The lowest BCUT2D eigenvalue weighted by Crippen LogP contribution is -2.28. The zero-order valence-electron chi connectivity index (χ0n) is 11.6. The van der Waals surface area contributed by atoms with E-state index >= 15 is 0 Å². The SMILES string of the molecule is Cc1cc(C)cc(C(N)Cn2cc(C)cnc2=O)c1. The predicted molar refractivity (Wildman–Crippen MR) is 76.1 cm³/mol. The smallest absolute Gasteiger partial charge is 0.322 e. The number of aryl methyl sites for hydroxylation is 3. The third-order valence-electron chi connectivity index (χ3n) is 3.05. The Morgan fingerprint density at radius 1 is 1.16 bits per heavy atom. The summed E-state index contributed by atoms with van der Waals surface area (Å²) in [6.45, 7) is 6.44. The molecule has 4 heteroatoms. The molecule has 19 heavy (non-hydrogen) atoms. The Kier molecular flexibility index (Phi) is 3.81. The van der Waals surface area contributed by atoms with Crippen LogP contribution < -0.4 is 11.4 Å². The number of benzene rings is 1. The third kappa shape index (κ3) is 3.29. The Balaban J connectivity index is 2.27. The molecule has 0 amide bonds. The van der Waals surface area contributed by atoms with E-state index in [0.29, 0.717) is 6.54 Å². The fourth-order valence-electron chi connectivity index (χ4n) is 2.24. The van der Waals surface area contributed by atoms with Gasteiger partial charge in [-0.05, 0) is 31.9 Å². The summed E-state index contributed by atoms with van der Waals surface area (Å²) in [5, 5.41) is 0. The van der Waals surface area contributed by atoms with Gasteiger partial charge in [0.25, 0.3) is 0 Å². The minimum atomic E-state index is -0.259. The second kappa shape index (κ2) is 5.36. The molecule has 1 aromatic carbocycles. The highest BCUT2D eigenvalue weighted by molar-refractivity contribution is 5.30. The molecule has 0 aliphatic heterocycles. The quantitative estimate of drug-likeness (QED) is 0.913. The van der Waals surface area contributed by atoms with Crippen LogP contribution in [0, 0.1) is 20.8 Å². The van der Waals surface area contributed by atoms with E-state index in [2.05, 4.69) is 23.2 Å². The molecule has 0 bridgehead atoms. The molecule has 0 saturated carbocycles. The van der Waals surface area contributed by atoms with Gasteiger partial charge in [0.1, 0.15) is 0 Å². The number of rotatable bonds is 3. The molecule has 2 rings (SSSR count). The number of aromatic nitrogens is 2. The number of nitrogens with two attached hydrogens (primary N) is 1. The highest BCUT2D eigenvalue weighted by Crippen LogP contribution is 2.16. The zero-order chi connectivity index (χ0) is 14.0. The first-order valence-electron chi connectivity index (χ1n) is 6.32. The van der Waals surface area contributed by atoms with Gasteiger partial charge >= 0.3 is 5.69 Å². The molecule has 0 saturated heterocycles. The maximum absolute atomic E-state index is 11.7. The molecule has 100 valence electrons. The number of hydrogen-bond donors (Lipinski definition) is 1. The van der Waals surface area contributed by atoms with Crippen LogP contribution in [0.5, 0.6) is 0 Å². The summed E-state index contributed by atoms with van der Waals surface area (Å²) in [6, 6.07) is 6.02. The highest BCUT2D eigenvalue weighted by Gasteiger charge is 2.09. The normalized spacial score (nSPS) is 12.4. The highest BCUT2D eigenvalue weighted by atomic mass is 16.1. The topological polar surface area (TPSA) is 60.9 Å². The van der Waals surface area contributed by atoms with Crippen LogP contribution in [0.3, 0.4) is 0 Å². The summed E-state index contributed by atoms with van der Waals surface area (Å²) in [5.41, 5.74) is 10.3. The lowest BCUT2D eigenvalue weighted by Gasteiger charge is -2.15. The Morgan fingerprint density at radius 2 is 1.79 bits per heavy atom. The van der Waals surface area contributed by atoms with Gasteiger partial charge in [0, 0.05) is 25.0 Å². The van der Waals surface area contributed by atoms with E-state index in [0.717, 1.165) is 11.1 Å². The van der Waals surface area contributed by atoms with Crippen LogP contribution >= 0.6 is 0 Å².